The number of likely N-dealkylation sites (tertiary alicyclic amines) is 1. The van der Waals surface area contributed by atoms with Crippen LogP contribution in [0.25, 0.3) is 0 Å². The first kappa shape index (κ1) is 15.1. The van der Waals surface area contributed by atoms with E-state index in [0.29, 0.717) is 5.92 Å². The largest absolute Gasteiger partial charge is 0.495 e. The van der Waals surface area contributed by atoms with Gasteiger partial charge in [-0.2, -0.15) is 0 Å². The summed E-state index contributed by atoms with van der Waals surface area (Å²) in [5, 5.41) is 9.28. The number of rotatable bonds is 8. The molecular formula is C15H27NO2. The van der Waals surface area contributed by atoms with Crippen molar-refractivity contribution in [3.05, 3.63) is 24.6 Å². The van der Waals surface area contributed by atoms with Gasteiger partial charge in [-0.15, -0.1) is 0 Å². The summed E-state index contributed by atoms with van der Waals surface area (Å²) in [6.07, 6.45) is 10.1. The van der Waals surface area contributed by atoms with Gasteiger partial charge in [0.1, 0.15) is 0 Å². The zero-order valence-electron chi connectivity index (χ0n) is 11.6. The van der Waals surface area contributed by atoms with Crippen LogP contribution in [0.15, 0.2) is 24.6 Å². The maximum Gasteiger partial charge on any atom is 0.179 e. The van der Waals surface area contributed by atoms with Crippen LogP contribution in [-0.4, -0.2) is 36.3 Å². The molecule has 0 aromatic heterocycles. The molecule has 1 heterocycles. The zero-order chi connectivity index (χ0) is 13.2. The number of nitrogens with zero attached hydrogens (tertiary/aromatic N) is 1. The molecule has 1 N–H and O–H groups in total. The number of aliphatic hydroxyl groups excluding tert-OH is 1. The SMILES string of the molecule is C=C(O)N1CCC(/C=C\CCOCCCC)CC1. The molecule has 1 saturated heterocycles. The Balaban J connectivity index is 2.04. The van der Waals surface area contributed by atoms with E-state index in [0.717, 1.165) is 52.0 Å². The molecular weight excluding hydrogens is 226 g/mol. The molecule has 0 atom stereocenters. The lowest BCUT2D eigenvalue weighted by molar-refractivity contribution is 0.135. The first-order valence-electron chi connectivity index (χ1n) is 7.11. The predicted molar refractivity (Wildman–Crippen MR) is 75.5 cm³/mol. The molecule has 18 heavy (non-hydrogen) atoms. The van der Waals surface area contributed by atoms with Crippen molar-refractivity contribution in [3.8, 4) is 0 Å². The zero-order valence-corrected chi connectivity index (χ0v) is 11.6. The van der Waals surface area contributed by atoms with Crippen LogP contribution in [-0.2, 0) is 4.74 Å². The van der Waals surface area contributed by atoms with E-state index in [-0.39, 0.29) is 5.88 Å². The van der Waals surface area contributed by atoms with Gasteiger partial charge in [-0.3, -0.25) is 0 Å². The van der Waals surface area contributed by atoms with E-state index in [1.165, 1.54) is 6.42 Å². The monoisotopic (exact) mass is 253 g/mol. The average Bonchev–Trinajstić information content (AvgIpc) is 2.38. The number of aliphatic hydroxyl groups is 1. The van der Waals surface area contributed by atoms with Crippen molar-refractivity contribution >= 4 is 0 Å². The lowest BCUT2D eigenvalue weighted by atomic mass is 9.96. The predicted octanol–water partition coefficient (Wildman–Crippen LogP) is 3.49. The molecule has 1 aliphatic rings. The standard InChI is InChI=1S/C15H27NO2/c1-3-4-12-18-13-6-5-7-15-8-10-16(11-9-15)14(2)17/h5,7,15,17H,2-4,6,8-13H2,1H3/b7-5-. The van der Waals surface area contributed by atoms with E-state index < -0.39 is 0 Å². The fraction of sp³-hybridized carbons (Fsp3) is 0.733. The molecule has 0 bridgehead atoms. The summed E-state index contributed by atoms with van der Waals surface area (Å²) >= 11 is 0. The maximum absolute atomic E-state index is 9.28. The Morgan fingerprint density at radius 1 is 1.39 bits per heavy atom. The van der Waals surface area contributed by atoms with Crippen molar-refractivity contribution < 1.29 is 9.84 Å². The molecule has 0 aliphatic carbocycles. The number of unbranched alkanes of at least 4 members (excludes halogenated alkanes) is 1. The van der Waals surface area contributed by atoms with Gasteiger partial charge in [-0.1, -0.05) is 25.5 Å². The summed E-state index contributed by atoms with van der Waals surface area (Å²) in [5.41, 5.74) is 0. The topological polar surface area (TPSA) is 32.7 Å². The van der Waals surface area contributed by atoms with E-state index in [1.807, 2.05) is 4.90 Å². The lowest BCUT2D eigenvalue weighted by Crippen LogP contribution is -2.32. The van der Waals surface area contributed by atoms with E-state index in [1.54, 1.807) is 0 Å². The highest BCUT2D eigenvalue weighted by Crippen LogP contribution is 2.20. The van der Waals surface area contributed by atoms with Crippen LogP contribution in [0.4, 0.5) is 0 Å². The first-order chi connectivity index (χ1) is 8.74. The Hall–Kier alpha value is -0.960. The number of allylic oxidation sites excluding steroid dienone is 1. The normalized spacial score (nSPS) is 17.5. The smallest absolute Gasteiger partial charge is 0.179 e. The second-order valence-corrected chi connectivity index (χ2v) is 4.92. The molecule has 3 nitrogen and oxygen atoms in total. The van der Waals surface area contributed by atoms with Gasteiger partial charge < -0.3 is 14.7 Å². The van der Waals surface area contributed by atoms with Crippen LogP contribution < -0.4 is 0 Å². The molecule has 0 unspecified atom stereocenters. The van der Waals surface area contributed by atoms with Crippen LogP contribution in [0, 0.1) is 5.92 Å². The Kier molecular flexibility index (Phi) is 7.58. The summed E-state index contributed by atoms with van der Waals surface area (Å²) in [4.78, 5) is 1.94. The van der Waals surface area contributed by atoms with E-state index in [2.05, 4.69) is 25.7 Å². The summed E-state index contributed by atoms with van der Waals surface area (Å²) in [6.45, 7) is 9.29. The first-order valence-corrected chi connectivity index (χ1v) is 7.11. The van der Waals surface area contributed by atoms with Gasteiger partial charge in [-0.05, 0) is 38.2 Å². The Bertz CT molecular complexity index is 255. The van der Waals surface area contributed by atoms with E-state index in [9.17, 15) is 5.11 Å². The molecule has 1 fully saturated rings. The highest BCUT2D eigenvalue weighted by molar-refractivity contribution is 4.94. The molecule has 0 spiro atoms. The molecule has 1 aliphatic heterocycles. The van der Waals surface area contributed by atoms with Gasteiger partial charge in [0.05, 0.1) is 6.61 Å². The van der Waals surface area contributed by atoms with Crippen molar-refractivity contribution in [1.29, 1.82) is 0 Å². The Morgan fingerprint density at radius 2 is 2.11 bits per heavy atom. The fourth-order valence-corrected chi connectivity index (χ4v) is 2.14. The van der Waals surface area contributed by atoms with E-state index in [4.69, 9.17) is 4.74 Å². The average molecular weight is 253 g/mol. The molecule has 0 aromatic carbocycles. The number of ether oxygens (including phenoxy) is 1. The van der Waals surface area contributed by atoms with Crippen molar-refractivity contribution in [2.24, 2.45) is 5.92 Å². The van der Waals surface area contributed by atoms with Gasteiger partial charge in [0.2, 0.25) is 0 Å². The molecule has 0 amide bonds. The van der Waals surface area contributed by atoms with Crippen molar-refractivity contribution in [3.63, 3.8) is 0 Å². The molecule has 0 radical (unpaired) electrons. The quantitative estimate of drug-likeness (QED) is 0.408. The van der Waals surface area contributed by atoms with E-state index >= 15 is 0 Å². The van der Waals surface area contributed by atoms with Crippen molar-refractivity contribution in [1.82, 2.24) is 4.90 Å². The third kappa shape index (κ3) is 6.10. The maximum atomic E-state index is 9.28. The fourth-order valence-electron chi connectivity index (χ4n) is 2.14. The van der Waals surface area contributed by atoms with Gasteiger partial charge in [0, 0.05) is 19.7 Å². The van der Waals surface area contributed by atoms with Crippen LogP contribution >= 0.6 is 0 Å². The third-order valence-electron chi connectivity index (χ3n) is 3.38. The molecule has 0 aromatic rings. The Morgan fingerprint density at radius 3 is 2.72 bits per heavy atom. The Labute approximate surface area is 111 Å². The van der Waals surface area contributed by atoms with Gasteiger partial charge in [0.25, 0.3) is 0 Å². The third-order valence-corrected chi connectivity index (χ3v) is 3.38. The summed E-state index contributed by atoms with van der Waals surface area (Å²) < 4.78 is 5.51. The van der Waals surface area contributed by atoms with Crippen LogP contribution in [0.2, 0.25) is 0 Å². The van der Waals surface area contributed by atoms with Crippen molar-refractivity contribution in [2.45, 2.75) is 39.0 Å². The van der Waals surface area contributed by atoms with Gasteiger partial charge in [0.15, 0.2) is 5.88 Å². The number of hydrogen-bond donors (Lipinski definition) is 1. The second-order valence-electron chi connectivity index (χ2n) is 4.92. The highest BCUT2D eigenvalue weighted by atomic mass is 16.5. The minimum Gasteiger partial charge on any atom is -0.495 e. The minimum atomic E-state index is 0.210. The number of hydrogen-bond acceptors (Lipinski definition) is 3. The van der Waals surface area contributed by atoms with Crippen LogP contribution in [0.1, 0.15) is 39.0 Å². The molecule has 3 heteroatoms. The number of piperidine rings is 1. The summed E-state index contributed by atoms with van der Waals surface area (Å²) in [5.74, 6) is 0.859. The molecule has 104 valence electrons. The van der Waals surface area contributed by atoms with Crippen LogP contribution in [0.5, 0.6) is 0 Å². The second kappa shape index (κ2) is 9.03. The van der Waals surface area contributed by atoms with Crippen molar-refractivity contribution in [2.75, 3.05) is 26.3 Å². The molecule has 1 rings (SSSR count). The lowest BCUT2D eigenvalue weighted by Gasteiger charge is -2.30. The summed E-state index contributed by atoms with van der Waals surface area (Å²) in [7, 11) is 0. The minimum absolute atomic E-state index is 0.210. The van der Waals surface area contributed by atoms with Gasteiger partial charge >= 0.3 is 0 Å². The highest BCUT2D eigenvalue weighted by Gasteiger charge is 2.17. The van der Waals surface area contributed by atoms with Gasteiger partial charge in [-0.25, -0.2) is 0 Å². The summed E-state index contributed by atoms with van der Waals surface area (Å²) in [6, 6.07) is 0. The molecule has 0 saturated carbocycles. The van der Waals surface area contributed by atoms with Crippen LogP contribution in [0.3, 0.4) is 0 Å².